The Morgan fingerprint density at radius 2 is 2.00 bits per heavy atom. The molecule has 0 spiro atoms. The molecular formula is C11H9BrN2O. The summed E-state index contributed by atoms with van der Waals surface area (Å²) < 4.78 is 0. The summed E-state index contributed by atoms with van der Waals surface area (Å²) in [6.45, 7) is 0. The molecule has 4 heteroatoms. The van der Waals surface area contributed by atoms with Crippen molar-refractivity contribution in [2.75, 3.05) is 0 Å². The highest BCUT2D eigenvalue weighted by molar-refractivity contribution is 9.08. The Kier molecular flexibility index (Phi) is 2.97. The minimum Gasteiger partial charge on any atom is -0.268 e. The zero-order valence-electron chi connectivity index (χ0n) is 7.90. The number of aromatic nitrogens is 2. The van der Waals surface area contributed by atoms with Gasteiger partial charge in [-0.1, -0.05) is 46.3 Å². The molecule has 0 saturated heterocycles. The molecule has 0 aliphatic rings. The Hall–Kier alpha value is -1.42. The monoisotopic (exact) mass is 264 g/mol. The van der Waals surface area contributed by atoms with Crippen LogP contribution < -0.4 is 5.56 Å². The Morgan fingerprint density at radius 1 is 1.27 bits per heavy atom. The van der Waals surface area contributed by atoms with Crippen LogP contribution in [0.3, 0.4) is 0 Å². The first-order valence-electron chi connectivity index (χ1n) is 4.51. The number of hydrogen-bond acceptors (Lipinski definition) is 2. The van der Waals surface area contributed by atoms with Gasteiger partial charge in [0.25, 0.3) is 5.56 Å². The number of hydrogen-bond donors (Lipinski definition) is 1. The van der Waals surface area contributed by atoms with Gasteiger partial charge in [-0.2, -0.15) is 5.10 Å². The summed E-state index contributed by atoms with van der Waals surface area (Å²) in [5.41, 5.74) is 2.53. The van der Waals surface area contributed by atoms with Gasteiger partial charge in [-0.05, 0) is 5.56 Å². The third-order valence-electron chi connectivity index (χ3n) is 2.08. The highest BCUT2D eigenvalue weighted by atomic mass is 79.9. The van der Waals surface area contributed by atoms with Gasteiger partial charge in [-0.25, -0.2) is 5.10 Å². The van der Waals surface area contributed by atoms with Gasteiger partial charge >= 0.3 is 0 Å². The molecule has 0 aliphatic heterocycles. The quantitative estimate of drug-likeness (QED) is 0.847. The number of rotatable bonds is 2. The van der Waals surface area contributed by atoms with E-state index in [0.29, 0.717) is 5.33 Å². The molecule has 0 unspecified atom stereocenters. The van der Waals surface area contributed by atoms with Crippen LogP contribution in [0, 0.1) is 0 Å². The number of halogens is 1. The summed E-state index contributed by atoms with van der Waals surface area (Å²) in [5.74, 6) is 0. The van der Waals surface area contributed by atoms with Crippen molar-refractivity contribution < 1.29 is 0 Å². The van der Waals surface area contributed by atoms with Gasteiger partial charge in [0.15, 0.2) is 0 Å². The predicted molar refractivity (Wildman–Crippen MR) is 62.9 cm³/mol. The number of aromatic amines is 1. The van der Waals surface area contributed by atoms with Crippen LogP contribution in [-0.4, -0.2) is 10.2 Å². The molecule has 0 radical (unpaired) electrons. The van der Waals surface area contributed by atoms with E-state index in [2.05, 4.69) is 26.1 Å². The molecule has 1 N–H and O–H groups in total. The molecule has 0 fully saturated rings. The summed E-state index contributed by atoms with van der Waals surface area (Å²) in [6.07, 6.45) is 0. The second-order valence-corrected chi connectivity index (χ2v) is 3.67. The minimum absolute atomic E-state index is 0.177. The number of nitrogens with one attached hydrogen (secondary N) is 1. The summed E-state index contributed by atoms with van der Waals surface area (Å²) in [5, 5.41) is 7.12. The molecule has 76 valence electrons. The van der Waals surface area contributed by atoms with Crippen molar-refractivity contribution in [3.05, 3.63) is 52.3 Å². The highest BCUT2D eigenvalue weighted by Crippen LogP contribution is 2.20. The summed E-state index contributed by atoms with van der Waals surface area (Å²) in [7, 11) is 0. The van der Waals surface area contributed by atoms with Crippen molar-refractivity contribution in [2.45, 2.75) is 5.33 Å². The Balaban J connectivity index is 2.58. The average molecular weight is 265 g/mol. The fraction of sp³-hybridized carbons (Fsp3) is 0.0909. The second-order valence-electron chi connectivity index (χ2n) is 3.11. The number of nitrogens with zero attached hydrogens (tertiary/aromatic N) is 1. The van der Waals surface area contributed by atoms with Crippen LogP contribution in [-0.2, 0) is 5.33 Å². The summed E-state index contributed by atoms with van der Waals surface area (Å²) >= 11 is 3.35. The van der Waals surface area contributed by atoms with E-state index in [4.69, 9.17) is 0 Å². The average Bonchev–Trinajstić information content (AvgIpc) is 2.30. The van der Waals surface area contributed by atoms with Crippen LogP contribution in [0.5, 0.6) is 0 Å². The van der Waals surface area contributed by atoms with Gasteiger partial charge in [0.05, 0.1) is 5.69 Å². The van der Waals surface area contributed by atoms with Crippen LogP contribution in [0.1, 0.15) is 5.56 Å². The molecule has 0 amide bonds. The number of H-pyrrole nitrogens is 1. The van der Waals surface area contributed by atoms with Crippen LogP contribution in [0.15, 0.2) is 41.2 Å². The Labute approximate surface area is 95.3 Å². The van der Waals surface area contributed by atoms with E-state index in [1.165, 1.54) is 0 Å². The smallest absolute Gasteiger partial charge is 0.264 e. The van der Waals surface area contributed by atoms with Gasteiger partial charge in [0, 0.05) is 17.0 Å². The van der Waals surface area contributed by atoms with Gasteiger partial charge in [0.1, 0.15) is 0 Å². The molecule has 1 aromatic carbocycles. The van der Waals surface area contributed by atoms with Crippen molar-refractivity contribution in [2.24, 2.45) is 0 Å². The molecule has 0 bridgehead atoms. The van der Waals surface area contributed by atoms with Crippen LogP contribution >= 0.6 is 15.9 Å². The lowest BCUT2D eigenvalue weighted by molar-refractivity contribution is 0.979. The second kappa shape index (κ2) is 4.40. The van der Waals surface area contributed by atoms with E-state index >= 15 is 0 Å². The van der Waals surface area contributed by atoms with Crippen LogP contribution in [0.2, 0.25) is 0 Å². The van der Waals surface area contributed by atoms with Crippen molar-refractivity contribution in [3.63, 3.8) is 0 Å². The third kappa shape index (κ3) is 2.15. The first-order valence-corrected chi connectivity index (χ1v) is 5.63. The lowest BCUT2D eigenvalue weighted by Gasteiger charge is -2.04. The first-order chi connectivity index (χ1) is 7.31. The fourth-order valence-electron chi connectivity index (χ4n) is 1.39. The fourth-order valence-corrected chi connectivity index (χ4v) is 1.82. The van der Waals surface area contributed by atoms with E-state index in [1.54, 1.807) is 6.07 Å². The maximum atomic E-state index is 11.1. The number of benzene rings is 1. The molecule has 3 nitrogen and oxygen atoms in total. The van der Waals surface area contributed by atoms with Gasteiger partial charge in [-0.3, -0.25) is 4.79 Å². The van der Waals surface area contributed by atoms with E-state index in [-0.39, 0.29) is 5.56 Å². The minimum atomic E-state index is -0.177. The van der Waals surface area contributed by atoms with Crippen molar-refractivity contribution in [1.82, 2.24) is 10.2 Å². The summed E-state index contributed by atoms with van der Waals surface area (Å²) in [6, 6.07) is 11.3. The normalized spacial score (nSPS) is 10.2. The van der Waals surface area contributed by atoms with Gasteiger partial charge in [-0.15, -0.1) is 0 Å². The van der Waals surface area contributed by atoms with Gasteiger partial charge in [0.2, 0.25) is 0 Å². The standard InChI is InChI=1S/C11H9BrN2O/c12-7-9-6-10(15)13-14-11(9)8-4-2-1-3-5-8/h1-6H,7H2,(H,13,15). The van der Waals surface area contributed by atoms with Crippen molar-refractivity contribution in [3.8, 4) is 11.3 Å². The molecule has 0 aliphatic carbocycles. The Morgan fingerprint density at radius 3 is 2.67 bits per heavy atom. The molecular weight excluding hydrogens is 256 g/mol. The maximum Gasteiger partial charge on any atom is 0.264 e. The molecule has 2 rings (SSSR count). The molecule has 0 atom stereocenters. The molecule has 1 aromatic heterocycles. The van der Waals surface area contributed by atoms with E-state index in [0.717, 1.165) is 16.8 Å². The zero-order valence-corrected chi connectivity index (χ0v) is 9.49. The topological polar surface area (TPSA) is 45.8 Å². The molecule has 1 heterocycles. The highest BCUT2D eigenvalue weighted by Gasteiger charge is 2.05. The first kappa shape index (κ1) is 10.1. The van der Waals surface area contributed by atoms with E-state index in [1.807, 2.05) is 30.3 Å². The largest absolute Gasteiger partial charge is 0.268 e. The predicted octanol–water partition coefficient (Wildman–Crippen LogP) is 2.33. The SMILES string of the molecule is O=c1cc(CBr)c(-c2ccccc2)n[nH]1. The molecule has 0 saturated carbocycles. The van der Waals surface area contributed by atoms with Crippen molar-refractivity contribution in [1.29, 1.82) is 0 Å². The lowest BCUT2D eigenvalue weighted by Crippen LogP contribution is -2.09. The maximum absolute atomic E-state index is 11.1. The molecule has 15 heavy (non-hydrogen) atoms. The Bertz CT molecular complexity index is 507. The number of alkyl halides is 1. The summed E-state index contributed by atoms with van der Waals surface area (Å²) in [4.78, 5) is 11.1. The molecule has 2 aromatic rings. The van der Waals surface area contributed by atoms with Crippen LogP contribution in [0.4, 0.5) is 0 Å². The lowest BCUT2D eigenvalue weighted by atomic mass is 10.1. The third-order valence-corrected chi connectivity index (χ3v) is 2.68. The zero-order chi connectivity index (χ0) is 10.7. The van der Waals surface area contributed by atoms with Crippen molar-refractivity contribution >= 4 is 15.9 Å². The van der Waals surface area contributed by atoms with Crippen LogP contribution in [0.25, 0.3) is 11.3 Å². The van der Waals surface area contributed by atoms with Gasteiger partial charge < -0.3 is 0 Å². The van der Waals surface area contributed by atoms with E-state index in [9.17, 15) is 4.79 Å². The van der Waals surface area contributed by atoms with E-state index < -0.39 is 0 Å².